The monoisotopic (exact) mass is 558 g/mol. The van der Waals surface area contributed by atoms with Crippen molar-refractivity contribution >= 4 is 33.4 Å². The Kier molecular flexibility index (Phi) is 5.94. The normalized spacial score (nSPS) is 29.2. The first kappa shape index (κ1) is 25.8. The summed E-state index contributed by atoms with van der Waals surface area (Å²) in [6.07, 6.45) is 4.12. The van der Waals surface area contributed by atoms with Gasteiger partial charge in [-0.25, -0.2) is 12.8 Å². The zero-order valence-electron chi connectivity index (χ0n) is 21.5. The number of hydrogen-bond donors (Lipinski definition) is 2. The van der Waals surface area contributed by atoms with Crippen LogP contribution in [-0.2, 0) is 21.4 Å². The van der Waals surface area contributed by atoms with Crippen LogP contribution in [0.1, 0.15) is 51.5 Å². The maximum atomic E-state index is 14.2. The number of sulfonamides is 1. The van der Waals surface area contributed by atoms with Gasteiger partial charge in [0.15, 0.2) is 6.04 Å². The highest BCUT2D eigenvalue weighted by Crippen LogP contribution is 2.71. The van der Waals surface area contributed by atoms with Crippen LogP contribution in [0, 0.1) is 17.2 Å². The van der Waals surface area contributed by atoms with Gasteiger partial charge in [-0.05, 0) is 81.7 Å². The fourth-order valence-electron chi connectivity index (χ4n) is 6.30. The highest BCUT2D eigenvalue weighted by atomic mass is 35.5. The second kappa shape index (κ2) is 8.76. The zero-order chi connectivity index (χ0) is 26.9. The smallest absolute Gasteiger partial charge is 0.247 e. The van der Waals surface area contributed by atoms with E-state index in [4.69, 9.17) is 16.6 Å². The molecule has 7 rings (SSSR count). The summed E-state index contributed by atoms with van der Waals surface area (Å²) >= 11 is 5.87. The number of nitrogens with one attached hydrogen (secondary N) is 2. The van der Waals surface area contributed by atoms with E-state index in [1.54, 1.807) is 36.4 Å². The Morgan fingerprint density at radius 2 is 1.84 bits per heavy atom. The topological polar surface area (TPSA) is 90.9 Å². The van der Waals surface area contributed by atoms with E-state index < -0.39 is 33.0 Å². The van der Waals surface area contributed by atoms with Gasteiger partial charge in [0.05, 0.1) is 15.5 Å². The second-order valence-corrected chi connectivity index (χ2v) is 14.3. The van der Waals surface area contributed by atoms with Crippen LogP contribution in [0.4, 0.5) is 4.39 Å². The number of benzene rings is 2. The van der Waals surface area contributed by atoms with Crippen LogP contribution < -0.4 is 10.6 Å². The van der Waals surface area contributed by atoms with Gasteiger partial charge in [0.25, 0.3) is 0 Å². The molecule has 2 bridgehead atoms. The predicted octanol–water partition coefficient (Wildman–Crippen LogP) is 4.27. The molecule has 1 heterocycles. The Hall–Kier alpha value is -2.49. The maximum absolute atomic E-state index is 14.2. The summed E-state index contributed by atoms with van der Waals surface area (Å²) < 4.78 is 43.5. The molecule has 2 aromatic carbocycles. The lowest BCUT2D eigenvalue weighted by atomic mass is 9.38. The van der Waals surface area contributed by atoms with Crippen molar-refractivity contribution in [3.63, 3.8) is 0 Å². The van der Waals surface area contributed by atoms with E-state index in [0.717, 1.165) is 18.7 Å². The molecule has 0 aromatic heterocycles. The van der Waals surface area contributed by atoms with E-state index in [0.29, 0.717) is 37.3 Å². The zero-order valence-corrected chi connectivity index (χ0v) is 23.1. The Balaban J connectivity index is 1.25. The number of halogens is 2. The summed E-state index contributed by atoms with van der Waals surface area (Å²) in [4.78, 5) is 18.0. The van der Waals surface area contributed by atoms with Crippen LogP contribution in [0.2, 0.25) is 5.02 Å². The molecule has 202 valence electrons. The number of amides is 1. The van der Waals surface area contributed by atoms with Crippen molar-refractivity contribution in [3.8, 4) is 0 Å². The highest BCUT2D eigenvalue weighted by Gasteiger charge is 2.75. The first-order valence-corrected chi connectivity index (χ1v) is 14.9. The largest absolute Gasteiger partial charge is 0.366 e. The van der Waals surface area contributed by atoms with Gasteiger partial charge in [0.2, 0.25) is 15.9 Å². The predicted molar refractivity (Wildman–Crippen MR) is 144 cm³/mol. The van der Waals surface area contributed by atoms with E-state index >= 15 is 0 Å². The summed E-state index contributed by atoms with van der Waals surface area (Å²) in [5.41, 5.74) is -0.860. The summed E-state index contributed by atoms with van der Waals surface area (Å²) in [5, 5.41) is 6.54. The molecule has 0 spiro atoms. The molecule has 10 heteroatoms. The van der Waals surface area contributed by atoms with Crippen molar-refractivity contribution in [1.82, 2.24) is 14.9 Å². The molecule has 2 aromatic rings. The fourth-order valence-corrected chi connectivity index (χ4v) is 8.19. The van der Waals surface area contributed by atoms with E-state index in [-0.39, 0.29) is 27.8 Å². The van der Waals surface area contributed by atoms with E-state index in [2.05, 4.69) is 10.6 Å². The average Bonchev–Trinajstić information content (AvgIpc) is 3.60. The lowest BCUT2D eigenvalue weighted by molar-refractivity contribution is -0.151. The van der Waals surface area contributed by atoms with Crippen LogP contribution in [0.3, 0.4) is 0 Å². The van der Waals surface area contributed by atoms with Gasteiger partial charge < -0.3 is 10.6 Å². The molecule has 1 aliphatic heterocycles. The molecule has 1 atom stereocenters. The van der Waals surface area contributed by atoms with Crippen molar-refractivity contribution < 1.29 is 17.6 Å². The molecule has 4 aliphatic carbocycles. The summed E-state index contributed by atoms with van der Waals surface area (Å²) in [6.45, 7) is 4.70. The number of rotatable bonds is 9. The number of hydrogen-bond acceptors (Lipinski definition) is 5. The van der Waals surface area contributed by atoms with Crippen molar-refractivity contribution in [2.75, 3.05) is 6.54 Å². The number of nitrogens with zero attached hydrogens (tertiary/aromatic N) is 2. The van der Waals surface area contributed by atoms with Gasteiger partial charge in [-0.3, -0.25) is 9.79 Å². The van der Waals surface area contributed by atoms with Crippen molar-refractivity contribution in [1.29, 1.82) is 0 Å². The lowest BCUT2D eigenvalue weighted by Gasteiger charge is -2.73. The van der Waals surface area contributed by atoms with Crippen LogP contribution in [0.5, 0.6) is 0 Å². The van der Waals surface area contributed by atoms with E-state index in [9.17, 15) is 17.6 Å². The minimum Gasteiger partial charge on any atom is -0.366 e. The summed E-state index contributed by atoms with van der Waals surface area (Å²) in [6, 6.07) is 12.2. The highest BCUT2D eigenvalue weighted by molar-refractivity contribution is 7.89. The molecule has 0 radical (unpaired) electrons. The minimum absolute atomic E-state index is 0.000610. The Bertz CT molecular complexity index is 1410. The molecule has 7 nitrogen and oxygen atoms in total. The molecule has 0 unspecified atom stereocenters. The maximum Gasteiger partial charge on any atom is 0.247 e. The number of aliphatic imine (C=N–C) groups is 1. The third kappa shape index (κ3) is 4.23. The van der Waals surface area contributed by atoms with Gasteiger partial charge in [0.1, 0.15) is 11.7 Å². The van der Waals surface area contributed by atoms with Gasteiger partial charge in [-0.2, -0.15) is 4.31 Å². The van der Waals surface area contributed by atoms with Crippen molar-refractivity contribution in [2.45, 2.75) is 74.5 Å². The lowest BCUT2D eigenvalue weighted by Crippen LogP contribution is -2.78. The average molecular weight is 559 g/mol. The molecule has 4 saturated carbocycles. The number of amidine groups is 1. The van der Waals surface area contributed by atoms with Gasteiger partial charge >= 0.3 is 0 Å². The van der Waals surface area contributed by atoms with Crippen LogP contribution in [0.15, 0.2) is 58.4 Å². The van der Waals surface area contributed by atoms with Gasteiger partial charge in [0, 0.05) is 24.0 Å². The molecule has 0 saturated heterocycles. The first-order valence-electron chi connectivity index (χ1n) is 13.1. The first-order chi connectivity index (χ1) is 17.9. The quantitative estimate of drug-likeness (QED) is 0.481. The molecule has 5 aliphatic rings. The van der Waals surface area contributed by atoms with E-state index in [1.165, 1.54) is 16.4 Å². The van der Waals surface area contributed by atoms with Gasteiger partial charge in [-0.15, -0.1) is 0 Å². The Morgan fingerprint density at radius 3 is 2.47 bits per heavy atom. The number of carbonyl (C=O) groups is 1. The minimum atomic E-state index is -3.86. The molecule has 38 heavy (non-hydrogen) atoms. The standard InChI is InChI=1S/C28H32ClFN4O3S/c1-26(2)23(24(35)31-13-18-8-9-18)32-25(33-26)27-15-28(16-27,17-27)34(14-19-10-11-21(29)22(30)12-19)38(36,37)20-6-4-3-5-7-20/h3-7,10-12,18,23H,8-9,13-17H2,1-2H3,(H,31,35)(H,32,33)/t23-,27?,28?/m0/s1. The van der Waals surface area contributed by atoms with Crippen molar-refractivity contribution in [3.05, 3.63) is 64.9 Å². The third-order valence-corrected chi connectivity index (χ3v) is 10.8. The Labute approximate surface area is 227 Å². The molecular formula is C28H32ClFN4O3S. The SMILES string of the molecule is CC1(C)NC(C23CC(N(Cc4ccc(Cl)c(F)c4)S(=O)(=O)c4ccccc4)(C2)C3)=N[C@H]1C(=O)NCC1CC1. The molecular weight excluding hydrogens is 527 g/mol. The number of carbonyl (C=O) groups excluding carboxylic acids is 1. The second-order valence-electron chi connectivity index (χ2n) is 12.0. The fraction of sp³-hybridized carbons (Fsp3) is 0.500. The van der Waals surface area contributed by atoms with E-state index in [1.807, 2.05) is 13.8 Å². The summed E-state index contributed by atoms with van der Waals surface area (Å²) in [5.74, 6) is 0.742. The van der Waals surface area contributed by atoms with Crippen LogP contribution >= 0.6 is 11.6 Å². The van der Waals surface area contributed by atoms with Crippen molar-refractivity contribution in [2.24, 2.45) is 16.3 Å². The molecule has 4 fully saturated rings. The Morgan fingerprint density at radius 1 is 1.16 bits per heavy atom. The van der Waals surface area contributed by atoms with Crippen LogP contribution in [0.25, 0.3) is 0 Å². The third-order valence-electron chi connectivity index (χ3n) is 8.57. The van der Waals surface area contributed by atoms with Crippen LogP contribution in [-0.4, -0.2) is 48.1 Å². The molecule has 2 N–H and O–H groups in total. The molecule has 1 amide bonds. The summed E-state index contributed by atoms with van der Waals surface area (Å²) in [7, 11) is -3.86. The van der Waals surface area contributed by atoms with Gasteiger partial charge in [-0.1, -0.05) is 35.9 Å².